The number of aryl methyl sites for hydroxylation is 1. The highest BCUT2D eigenvalue weighted by molar-refractivity contribution is 5.90. The summed E-state index contributed by atoms with van der Waals surface area (Å²) in [5, 5.41) is 20.0. The van der Waals surface area contributed by atoms with E-state index in [-0.39, 0.29) is 13.0 Å². The second-order valence-electron chi connectivity index (χ2n) is 7.81. The molecule has 8 nitrogen and oxygen atoms in total. The Morgan fingerprint density at radius 3 is 2.47 bits per heavy atom. The summed E-state index contributed by atoms with van der Waals surface area (Å²) in [6.07, 6.45) is 1.75. The minimum absolute atomic E-state index is 0.0352. The van der Waals surface area contributed by atoms with E-state index in [1.807, 2.05) is 28.5 Å². The number of hydrogen-bond donors (Lipinski definition) is 2. The molecule has 1 atom stereocenters. The zero-order valence-electron chi connectivity index (χ0n) is 17.5. The van der Waals surface area contributed by atoms with E-state index in [2.05, 4.69) is 11.5 Å². The second kappa shape index (κ2) is 9.32. The molecule has 0 unspecified atom stereocenters. The molecule has 1 aliphatic heterocycles. The standard InChI is InChI=1S/C22H29N3O5/c1-15(2)13-23-8-10-24(11-9-23)21(22(28)29)18-14-25(7-6-20(26)27)19-5-4-16(30-3)12-17(18)19/h4-5,12,14,21H,1,6-11,13H2,2-3H3,(H,26,27)(H,28,29)/t21-/m1/s1. The zero-order chi connectivity index (χ0) is 21.8. The molecule has 2 N–H and O–H groups in total. The fraction of sp³-hybridized carbons (Fsp3) is 0.455. The minimum Gasteiger partial charge on any atom is -0.497 e. The second-order valence-corrected chi connectivity index (χ2v) is 7.81. The number of piperazine rings is 1. The van der Waals surface area contributed by atoms with Crippen LogP contribution in [0.2, 0.25) is 0 Å². The minimum atomic E-state index is -0.913. The smallest absolute Gasteiger partial charge is 0.325 e. The van der Waals surface area contributed by atoms with E-state index >= 15 is 0 Å². The lowest BCUT2D eigenvalue weighted by molar-refractivity contribution is -0.144. The number of nitrogens with zero attached hydrogens (tertiary/aromatic N) is 3. The third kappa shape index (κ3) is 4.83. The summed E-state index contributed by atoms with van der Waals surface area (Å²) in [6, 6.07) is 4.67. The maximum absolute atomic E-state index is 12.3. The van der Waals surface area contributed by atoms with E-state index in [9.17, 15) is 14.7 Å². The van der Waals surface area contributed by atoms with Crippen LogP contribution >= 0.6 is 0 Å². The van der Waals surface area contributed by atoms with Gasteiger partial charge in [0, 0.05) is 61.9 Å². The highest BCUT2D eigenvalue weighted by Crippen LogP contribution is 2.33. The molecule has 1 aliphatic rings. The summed E-state index contributed by atoms with van der Waals surface area (Å²) < 4.78 is 7.17. The van der Waals surface area contributed by atoms with Crippen molar-refractivity contribution in [2.24, 2.45) is 0 Å². The van der Waals surface area contributed by atoms with Crippen LogP contribution in [0.3, 0.4) is 0 Å². The molecule has 30 heavy (non-hydrogen) atoms. The molecule has 1 aromatic heterocycles. The first-order chi connectivity index (χ1) is 14.3. The van der Waals surface area contributed by atoms with Crippen LogP contribution < -0.4 is 4.74 Å². The fourth-order valence-electron chi connectivity index (χ4n) is 4.10. The molecule has 0 bridgehead atoms. The molecule has 0 spiro atoms. The molecule has 1 fully saturated rings. The number of carbonyl (C=O) groups is 2. The summed E-state index contributed by atoms with van der Waals surface area (Å²) in [7, 11) is 1.57. The van der Waals surface area contributed by atoms with Crippen molar-refractivity contribution in [2.75, 3.05) is 39.8 Å². The van der Waals surface area contributed by atoms with Crippen molar-refractivity contribution >= 4 is 22.8 Å². The van der Waals surface area contributed by atoms with Crippen molar-refractivity contribution in [2.45, 2.75) is 25.9 Å². The van der Waals surface area contributed by atoms with E-state index in [4.69, 9.17) is 9.84 Å². The molecular formula is C22H29N3O5. The van der Waals surface area contributed by atoms with E-state index in [1.54, 1.807) is 19.4 Å². The van der Waals surface area contributed by atoms with E-state index in [1.165, 1.54) is 0 Å². The number of methoxy groups -OCH3 is 1. The number of aromatic nitrogens is 1. The monoisotopic (exact) mass is 415 g/mol. The predicted octanol–water partition coefficient (Wildman–Crippen LogP) is 2.44. The summed E-state index contributed by atoms with van der Waals surface area (Å²) in [5.74, 6) is -1.17. The van der Waals surface area contributed by atoms with Gasteiger partial charge in [-0.2, -0.15) is 0 Å². The number of fused-ring (bicyclic) bond motifs is 1. The molecule has 0 amide bonds. The topological polar surface area (TPSA) is 95.2 Å². The Kier molecular flexibility index (Phi) is 6.79. The molecule has 1 aromatic carbocycles. The highest BCUT2D eigenvalue weighted by Gasteiger charge is 2.32. The molecule has 2 aromatic rings. The van der Waals surface area contributed by atoms with Crippen LogP contribution in [0.25, 0.3) is 10.9 Å². The van der Waals surface area contributed by atoms with Gasteiger partial charge in [0.25, 0.3) is 0 Å². The van der Waals surface area contributed by atoms with Crippen molar-refractivity contribution < 1.29 is 24.5 Å². The van der Waals surface area contributed by atoms with E-state index in [0.717, 1.165) is 36.1 Å². The predicted molar refractivity (Wildman–Crippen MR) is 114 cm³/mol. The number of rotatable bonds is 9. The van der Waals surface area contributed by atoms with Crippen LogP contribution in [-0.4, -0.2) is 76.4 Å². The maximum atomic E-state index is 12.3. The molecule has 0 aliphatic carbocycles. The van der Waals surface area contributed by atoms with E-state index in [0.29, 0.717) is 24.4 Å². The van der Waals surface area contributed by atoms with Gasteiger partial charge in [-0.25, -0.2) is 0 Å². The summed E-state index contributed by atoms with van der Waals surface area (Å²) in [5.41, 5.74) is 2.56. The van der Waals surface area contributed by atoms with Crippen LogP contribution in [0.15, 0.2) is 36.5 Å². The Labute approximate surface area is 175 Å². The van der Waals surface area contributed by atoms with Gasteiger partial charge in [0.2, 0.25) is 0 Å². The molecule has 3 rings (SSSR count). The summed E-state index contributed by atoms with van der Waals surface area (Å²) in [4.78, 5) is 27.6. The van der Waals surface area contributed by atoms with Crippen LogP contribution in [0.5, 0.6) is 5.75 Å². The first-order valence-electron chi connectivity index (χ1n) is 10.0. The van der Waals surface area contributed by atoms with E-state index < -0.39 is 18.0 Å². The summed E-state index contributed by atoms with van der Waals surface area (Å²) >= 11 is 0. The van der Waals surface area contributed by atoms with Crippen molar-refractivity contribution in [1.29, 1.82) is 0 Å². The lowest BCUT2D eigenvalue weighted by Gasteiger charge is -2.37. The quantitative estimate of drug-likeness (QED) is 0.608. The largest absolute Gasteiger partial charge is 0.497 e. The molecule has 0 saturated carbocycles. The Balaban J connectivity index is 1.95. The first-order valence-corrected chi connectivity index (χ1v) is 10.0. The summed E-state index contributed by atoms with van der Waals surface area (Å²) in [6.45, 7) is 9.86. The van der Waals surface area contributed by atoms with Gasteiger partial charge in [-0.05, 0) is 25.1 Å². The number of benzene rings is 1. The molecule has 8 heteroatoms. The van der Waals surface area contributed by atoms with Crippen LogP contribution in [0, 0.1) is 0 Å². The van der Waals surface area contributed by atoms with Crippen molar-refractivity contribution in [3.05, 3.63) is 42.1 Å². The average Bonchev–Trinajstić information content (AvgIpc) is 3.04. The van der Waals surface area contributed by atoms with Gasteiger partial charge in [-0.1, -0.05) is 12.2 Å². The normalized spacial score (nSPS) is 16.5. The number of carboxylic acid groups (broad SMARTS) is 2. The van der Waals surface area contributed by atoms with Gasteiger partial charge in [0.15, 0.2) is 0 Å². The first kappa shape index (κ1) is 21.9. The Morgan fingerprint density at radius 2 is 1.90 bits per heavy atom. The molecule has 0 radical (unpaired) electrons. The van der Waals surface area contributed by atoms with Crippen LogP contribution in [0.4, 0.5) is 0 Å². The molecule has 2 heterocycles. The Hall–Kier alpha value is -2.84. The molecular weight excluding hydrogens is 386 g/mol. The van der Waals surface area contributed by atoms with Crippen molar-refractivity contribution in [3.63, 3.8) is 0 Å². The maximum Gasteiger partial charge on any atom is 0.325 e. The number of hydrogen-bond acceptors (Lipinski definition) is 5. The number of ether oxygens (including phenoxy) is 1. The van der Waals surface area contributed by atoms with Gasteiger partial charge >= 0.3 is 11.9 Å². The SMILES string of the molecule is C=C(C)CN1CCN([C@@H](C(=O)O)c2cn(CCC(=O)O)c3ccc(OC)cc23)CC1. The molecule has 162 valence electrons. The lowest BCUT2D eigenvalue weighted by Crippen LogP contribution is -2.49. The molecule has 1 saturated heterocycles. The third-order valence-corrected chi connectivity index (χ3v) is 5.48. The Bertz CT molecular complexity index is 944. The average molecular weight is 415 g/mol. The fourth-order valence-corrected chi connectivity index (χ4v) is 4.10. The van der Waals surface area contributed by atoms with Crippen LogP contribution in [-0.2, 0) is 16.1 Å². The highest BCUT2D eigenvalue weighted by atomic mass is 16.5. The third-order valence-electron chi connectivity index (χ3n) is 5.48. The van der Waals surface area contributed by atoms with Gasteiger partial charge in [0.05, 0.1) is 13.5 Å². The van der Waals surface area contributed by atoms with Gasteiger partial charge in [0.1, 0.15) is 11.8 Å². The van der Waals surface area contributed by atoms with Gasteiger partial charge < -0.3 is 19.5 Å². The van der Waals surface area contributed by atoms with Crippen molar-refractivity contribution in [3.8, 4) is 5.75 Å². The van der Waals surface area contributed by atoms with Gasteiger partial charge in [-0.3, -0.25) is 19.4 Å². The van der Waals surface area contributed by atoms with Crippen LogP contribution in [0.1, 0.15) is 24.9 Å². The Morgan fingerprint density at radius 1 is 1.20 bits per heavy atom. The number of carboxylic acids is 2. The lowest BCUT2D eigenvalue weighted by atomic mass is 10.0. The van der Waals surface area contributed by atoms with Gasteiger partial charge in [-0.15, -0.1) is 0 Å². The zero-order valence-corrected chi connectivity index (χ0v) is 17.5. The number of aliphatic carboxylic acids is 2. The van der Waals surface area contributed by atoms with Crippen molar-refractivity contribution in [1.82, 2.24) is 14.4 Å².